The SMILES string of the molecule is CC(C)N1CCCc2cc(-c3n[nH]nc3C(=O)O)ccc21. The highest BCUT2D eigenvalue weighted by molar-refractivity contribution is 5.92. The number of aromatic amines is 1. The Balaban J connectivity index is 2.04. The number of carboxylic acid groups (broad SMARTS) is 1. The molecule has 6 nitrogen and oxygen atoms in total. The van der Waals surface area contributed by atoms with Crippen LogP contribution in [0.2, 0.25) is 0 Å². The van der Waals surface area contributed by atoms with Crippen LogP contribution in [0.15, 0.2) is 18.2 Å². The van der Waals surface area contributed by atoms with Crippen molar-refractivity contribution in [2.45, 2.75) is 32.7 Å². The molecule has 0 bridgehead atoms. The molecule has 0 amide bonds. The van der Waals surface area contributed by atoms with Gasteiger partial charge in [-0.05, 0) is 44.4 Å². The maximum absolute atomic E-state index is 11.2. The number of aromatic nitrogens is 3. The Bertz CT molecular complexity index is 678. The topological polar surface area (TPSA) is 82.1 Å². The average molecular weight is 286 g/mol. The minimum atomic E-state index is -1.07. The number of anilines is 1. The number of fused-ring (bicyclic) bond motifs is 1. The number of aromatic carboxylic acids is 1. The molecule has 1 aromatic heterocycles. The van der Waals surface area contributed by atoms with E-state index in [0.717, 1.165) is 24.9 Å². The van der Waals surface area contributed by atoms with Crippen molar-refractivity contribution in [3.8, 4) is 11.3 Å². The third-order valence-corrected chi connectivity index (χ3v) is 3.88. The van der Waals surface area contributed by atoms with Crippen molar-refractivity contribution in [3.63, 3.8) is 0 Å². The van der Waals surface area contributed by atoms with Crippen molar-refractivity contribution in [3.05, 3.63) is 29.5 Å². The first-order valence-corrected chi connectivity index (χ1v) is 7.12. The largest absolute Gasteiger partial charge is 0.476 e. The number of hydrogen-bond acceptors (Lipinski definition) is 4. The van der Waals surface area contributed by atoms with Crippen LogP contribution in [-0.4, -0.2) is 39.1 Å². The van der Waals surface area contributed by atoms with Gasteiger partial charge in [0, 0.05) is 23.8 Å². The average Bonchev–Trinajstić information content (AvgIpc) is 2.95. The maximum atomic E-state index is 11.2. The van der Waals surface area contributed by atoms with E-state index in [1.165, 1.54) is 11.3 Å². The fourth-order valence-corrected chi connectivity index (χ4v) is 2.89. The van der Waals surface area contributed by atoms with E-state index in [9.17, 15) is 4.79 Å². The predicted octanol–water partition coefficient (Wildman–Crippen LogP) is 2.33. The number of nitrogens with one attached hydrogen (secondary N) is 1. The fourth-order valence-electron chi connectivity index (χ4n) is 2.89. The Labute approximate surface area is 122 Å². The summed E-state index contributed by atoms with van der Waals surface area (Å²) in [5.74, 6) is -1.07. The molecule has 2 heterocycles. The molecule has 0 saturated heterocycles. The lowest BCUT2D eigenvalue weighted by molar-refractivity contribution is 0.0691. The molecule has 1 aliphatic rings. The number of carboxylic acids is 1. The van der Waals surface area contributed by atoms with Crippen LogP contribution in [-0.2, 0) is 6.42 Å². The summed E-state index contributed by atoms with van der Waals surface area (Å²) in [6, 6.07) is 6.47. The molecule has 2 N–H and O–H groups in total. The first-order chi connectivity index (χ1) is 10.1. The van der Waals surface area contributed by atoms with Gasteiger partial charge in [0.15, 0.2) is 5.69 Å². The summed E-state index contributed by atoms with van der Waals surface area (Å²) in [5.41, 5.74) is 3.64. The highest BCUT2D eigenvalue weighted by Gasteiger charge is 2.22. The third kappa shape index (κ3) is 2.37. The second kappa shape index (κ2) is 5.20. The first-order valence-electron chi connectivity index (χ1n) is 7.12. The molecule has 21 heavy (non-hydrogen) atoms. The van der Waals surface area contributed by atoms with Crippen LogP contribution in [0.5, 0.6) is 0 Å². The number of carbonyl (C=O) groups is 1. The van der Waals surface area contributed by atoms with E-state index in [4.69, 9.17) is 5.11 Å². The standard InChI is InChI=1S/C15H18N4O2/c1-9(2)19-7-3-4-10-8-11(5-6-12(10)19)13-14(15(20)21)17-18-16-13/h5-6,8-9H,3-4,7H2,1-2H3,(H,20,21)(H,16,17,18). The van der Waals surface area contributed by atoms with Gasteiger partial charge in [0.2, 0.25) is 0 Å². The monoisotopic (exact) mass is 286 g/mol. The zero-order chi connectivity index (χ0) is 15.0. The van der Waals surface area contributed by atoms with E-state index >= 15 is 0 Å². The minimum Gasteiger partial charge on any atom is -0.476 e. The van der Waals surface area contributed by atoms with Gasteiger partial charge in [0.1, 0.15) is 5.69 Å². The van der Waals surface area contributed by atoms with Crippen LogP contribution in [0, 0.1) is 0 Å². The molecule has 110 valence electrons. The lowest BCUT2D eigenvalue weighted by atomic mass is 9.96. The predicted molar refractivity (Wildman–Crippen MR) is 79.6 cm³/mol. The summed E-state index contributed by atoms with van der Waals surface area (Å²) < 4.78 is 0. The van der Waals surface area contributed by atoms with E-state index in [1.54, 1.807) is 0 Å². The van der Waals surface area contributed by atoms with Gasteiger partial charge in [-0.25, -0.2) is 4.79 Å². The molecule has 0 aliphatic carbocycles. The molecule has 2 aromatic rings. The number of nitrogens with zero attached hydrogens (tertiary/aromatic N) is 3. The molecular formula is C15H18N4O2. The molecular weight excluding hydrogens is 268 g/mol. The van der Waals surface area contributed by atoms with Gasteiger partial charge in [0.25, 0.3) is 0 Å². The Morgan fingerprint density at radius 1 is 1.38 bits per heavy atom. The van der Waals surface area contributed by atoms with Crippen molar-refractivity contribution in [2.24, 2.45) is 0 Å². The van der Waals surface area contributed by atoms with Crippen molar-refractivity contribution < 1.29 is 9.90 Å². The molecule has 0 radical (unpaired) electrons. The Morgan fingerprint density at radius 2 is 2.19 bits per heavy atom. The molecule has 0 spiro atoms. The fraction of sp³-hybridized carbons (Fsp3) is 0.400. The zero-order valence-electron chi connectivity index (χ0n) is 12.1. The van der Waals surface area contributed by atoms with Gasteiger partial charge in [-0.15, -0.1) is 5.10 Å². The van der Waals surface area contributed by atoms with Crippen LogP contribution >= 0.6 is 0 Å². The molecule has 6 heteroatoms. The molecule has 3 rings (SSSR count). The summed E-state index contributed by atoms with van der Waals surface area (Å²) in [5, 5.41) is 19.2. The maximum Gasteiger partial charge on any atom is 0.358 e. The second-order valence-corrected chi connectivity index (χ2v) is 5.56. The Hall–Kier alpha value is -2.37. The number of H-pyrrole nitrogens is 1. The third-order valence-electron chi connectivity index (χ3n) is 3.88. The second-order valence-electron chi connectivity index (χ2n) is 5.56. The van der Waals surface area contributed by atoms with Crippen LogP contribution in [0.4, 0.5) is 5.69 Å². The normalized spacial score (nSPS) is 14.3. The zero-order valence-corrected chi connectivity index (χ0v) is 12.1. The number of rotatable bonds is 3. The highest BCUT2D eigenvalue weighted by Crippen LogP contribution is 2.32. The van der Waals surface area contributed by atoms with Crippen molar-refractivity contribution >= 4 is 11.7 Å². The van der Waals surface area contributed by atoms with Crippen molar-refractivity contribution in [1.29, 1.82) is 0 Å². The quantitative estimate of drug-likeness (QED) is 0.905. The minimum absolute atomic E-state index is 0.0357. The van der Waals surface area contributed by atoms with E-state index in [0.29, 0.717) is 11.7 Å². The first kappa shape index (κ1) is 13.6. The van der Waals surface area contributed by atoms with E-state index in [-0.39, 0.29) is 5.69 Å². The molecule has 0 saturated carbocycles. The number of hydrogen-bond donors (Lipinski definition) is 2. The van der Waals surface area contributed by atoms with Gasteiger partial charge in [-0.3, -0.25) is 0 Å². The van der Waals surface area contributed by atoms with Crippen LogP contribution in [0.25, 0.3) is 11.3 Å². The summed E-state index contributed by atoms with van der Waals surface area (Å²) in [6.45, 7) is 5.43. The lowest BCUT2D eigenvalue weighted by Gasteiger charge is -2.34. The summed E-state index contributed by atoms with van der Waals surface area (Å²) in [7, 11) is 0. The molecule has 1 aromatic carbocycles. The summed E-state index contributed by atoms with van der Waals surface area (Å²) in [4.78, 5) is 13.5. The van der Waals surface area contributed by atoms with Gasteiger partial charge in [-0.1, -0.05) is 6.07 Å². The van der Waals surface area contributed by atoms with E-state index in [2.05, 4.69) is 40.2 Å². The molecule has 0 unspecified atom stereocenters. The highest BCUT2D eigenvalue weighted by atomic mass is 16.4. The van der Waals surface area contributed by atoms with Crippen LogP contribution < -0.4 is 4.90 Å². The van der Waals surface area contributed by atoms with Crippen LogP contribution in [0.1, 0.15) is 36.3 Å². The molecule has 1 aliphatic heterocycles. The van der Waals surface area contributed by atoms with Crippen molar-refractivity contribution in [1.82, 2.24) is 15.4 Å². The van der Waals surface area contributed by atoms with E-state index in [1.807, 2.05) is 12.1 Å². The van der Waals surface area contributed by atoms with E-state index < -0.39 is 5.97 Å². The number of aryl methyl sites for hydroxylation is 1. The van der Waals surface area contributed by atoms with Gasteiger partial charge >= 0.3 is 5.97 Å². The molecule has 0 fully saturated rings. The summed E-state index contributed by atoms with van der Waals surface area (Å²) >= 11 is 0. The lowest BCUT2D eigenvalue weighted by Crippen LogP contribution is -2.35. The van der Waals surface area contributed by atoms with Crippen molar-refractivity contribution in [2.75, 3.05) is 11.4 Å². The molecule has 0 atom stereocenters. The van der Waals surface area contributed by atoms with Gasteiger partial charge in [-0.2, -0.15) is 10.3 Å². The number of benzene rings is 1. The Morgan fingerprint density at radius 3 is 2.90 bits per heavy atom. The van der Waals surface area contributed by atoms with Gasteiger partial charge < -0.3 is 10.0 Å². The summed E-state index contributed by atoms with van der Waals surface area (Å²) in [6.07, 6.45) is 2.12. The smallest absolute Gasteiger partial charge is 0.358 e. The van der Waals surface area contributed by atoms with Crippen LogP contribution in [0.3, 0.4) is 0 Å². The Kier molecular flexibility index (Phi) is 3.37. The van der Waals surface area contributed by atoms with Gasteiger partial charge in [0.05, 0.1) is 0 Å².